The topological polar surface area (TPSA) is 131 Å². The van der Waals surface area contributed by atoms with Gasteiger partial charge in [-0.2, -0.15) is 0 Å². The van der Waals surface area contributed by atoms with E-state index in [9.17, 15) is 19.5 Å². The molecule has 0 aliphatic carbocycles. The minimum atomic E-state index is -1.24. The molecule has 0 radical (unpaired) electrons. The summed E-state index contributed by atoms with van der Waals surface area (Å²) in [5.74, 6) is -1.29. The van der Waals surface area contributed by atoms with Crippen molar-refractivity contribution >= 4 is 30.0 Å². The van der Waals surface area contributed by atoms with Crippen molar-refractivity contribution in [1.82, 2.24) is 30.0 Å². The van der Waals surface area contributed by atoms with Crippen molar-refractivity contribution in [2.24, 2.45) is 7.05 Å². The van der Waals surface area contributed by atoms with E-state index in [1.165, 1.54) is 26.2 Å². The summed E-state index contributed by atoms with van der Waals surface area (Å²) in [7, 11) is 1.66. The van der Waals surface area contributed by atoms with Crippen molar-refractivity contribution in [2.45, 2.75) is 23.3 Å². The SMILES string of the molecule is Cn1nnnc1SCC1=C(C(=O)O)N2C(=O)[C@@H]3[C@H]2[C@@H](CN3C=O)O1. The van der Waals surface area contributed by atoms with Crippen LogP contribution in [0.25, 0.3) is 0 Å². The van der Waals surface area contributed by atoms with Crippen molar-refractivity contribution < 1.29 is 24.2 Å². The van der Waals surface area contributed by atoms with Gasteiger partial charge in [0, 0.05) is 7.05 Å². The molecule has 11 nitrogen and oxygen atoms in total. The molecule has 0 unspecified atom stereocenters. The van der Waals surface area contributed by atoms with E-state index in [0.29, 0.717) is 11.6 Å². The summed E-state index contributed by atoms with van der Waals surface area (Å²) in [6.45, 7) is 0.258. The van der Waals surface area contributed by atoms with Gasteiger partial charge in [-0.1, -0.05) is 11.8 Å². The smallest absolute Gasteiger partial charge is 0.356 e. The van der Waals surface area contributed by atoms with E-state index in [2.05, 4.69) is 15.5 Å². The number of hydrogen-bond donors (Lipinski definition) is 1. The zero-order valence-electron chi connectivity index (χ0n) is 12.4. The van der Waals surface area contributed by atoms with Gasteiger partial charge in [-0.15, -0.1) is 5.10 Å². The van der Waals surface area contributed by atoms with E-state index in [1.54, 1.807) is 7.05 Å². The summed E-state index contributed by atoms with van der Waals surface area (Å²) in [6.07, 6.45) is 0.177. The van der Waals surface area contributed by atoms with Crippen LogP contribution in [0.4, 0.5) is 0 Å². The first-order valence-corrected chi connectivity index (χ1v) is 8.04. The number of carboxylic acids is 1. The number of aryl methyl sites for hydroxylation is 1. The van der Waals surface area contributed by atoms with Crippen LogP contribution in [0.2, 0.25) is 0 Å². The lowest BCUT2D eigenvalue weighted by Gasteiger charge is -2.48. The van der Waals surface area contributed by atoms with Crippen molar-refractivity contribution in [3.8, 4) is 0 Å². The Morgan fingerprint density at radius 1 is 1.54 bits per heavy atom. The Labute approximate surface area is 139 Å². The molecular weight excluding hydrogens is 340 g/mol. The number of hydrogen-bond acceptors (Lipinski definition) is 8. The standard InChI is InChI=1S/C12H12N6O5S/c1-16-12(13-14-15-16)24-3-6-8(11(21)22)18-7-5(23-6)2-17(4-19)9(7)10(18)20/h4-5,7,9H,2-3H2,1H3,(H,21,22)/t5-,7-,9+/m1/s1. The first-order chi connectivity index (χ1) is 11.5. The first-order valence-electron chi connectivity index (χ1n) is 7.05. The molecule has 0 bridgehead atoms. The van der Waals surface area contributed by atoms with Crippen LogP contribution in [-0.4, -0.2) is 83.9 Å². The average Bonchev–Trinajstić information content (AvgIpc) is 3.12. The fourth-order valence-electron chi connectivity index (χ4n) is 3.28. The van der Waals surface area contributed by atoms with E-state index in [0.717, 1.165) is 0 Å². The zero-order chi connectivity index (χ0) is 17.0. The quantitative estimate of drug-likeness (QED) is 0.365. The molecule has 0 aromatic carbocycles. The van der Waals surface area contributed by atoms with Gasteiger partial charge in [-0.05, 0) is 10.4 Å². The van der Waals surface area contributed by atoms with Crippen molar-refractivity contribution in [2.75, 3.05) is 12.3 Å². The third kappa shape index (κ3) is 1.92. The molecule has 12 heteroatoms. The van der Waals surface area contributed by atoms with Gasteiger partial charge in [0.05, 0.1) is 12.3 Å². The molecule has 126 valence electrons. The molecule has 3 aliphatic rings. The van der Waals surface area contributed by atoms with Crippen LogP contribution in [0.5, 0.6) is 0 Å². The number of nitrogens with zero attached hydrogens (tertiary/aromatic N) is 6. The molecule has 2 amide bonds. The summed E-state index contributed by atoms with van der Waals surface area (Å²) in [5, 5.41) is 21.0. The number of carboxylic acid groups (broad SMARTS) is 1. The van der Waals surface area contributed by atoms with Crippen LogP contribution in [0.1, 0.15) is 0 Å². The second-order valence-electron chi connectivity index (χ2n) is 5.55. The Balaban J connectivity index is 1.63. The predicted molar refractivity (Wildman–Crippen MR) is 76.2 cm³/mol. The van der Waals surface area contributed by atoms with Gasteiger partial charge in [0.2, 0.25) is 11.6 Å². The van der Waals surface area contributed by atoms with Crippen LogP contribution < -0.4 is 0 Å². The molecule has 1 aromatic rings. The molecule has 3 atom stereocenters. The maximum Gasteiger partial charge on any atom is 0.356 e. The van der Waals surface area contributed by atoms with Crippen molar-refractivity contribution in [1.29, 1.82) is 0 Å². The van der Waals surface area contributed by atoms with Crippen molar-refractivity contribution in [3.05, 3.63) is 11.5 Å². The highest BCUT2D eigenvalue weighted by molar-refractivity contribution is 7.99. The van der Waals surface area contributed by atoms with Crippen LogP contribution in [0, 0.1) is 0 Å². The summed E-state index contributed by atoms with van der Waals surface area (Å²) in [5.41, 5.74) is -0.173. The van der Waals surface area contributed by atoms with Gasteiger partial charge in [0.1, 0.15) is 23.9 Å². The van der Waals surface area contributed by atoms with Gasteiger partial charge in [0.25, 0.3) is 5.91 Å². The van der Waals surface area contributed by atoms with Gasteiger partial charge in [-0.25, -0.2) is 9.48 Å². The Bertz CT molecular complexity index is 778. The number of likely N-dealkylation sites (tertiary alicyclic amines) is 1. The van der Waals surface area contributed by atoms with Gasteiger partial charge < -0.3 is 14.7 Å². The molecule has 1 N–H and O–H groups in total. The van der Waals surface area contributed by atoms with Gasteiger partial charge in [0.15, 0.2) is 5.70 Å². The minimum absolute atomic E-state index is 0.161. The Kier molecular flexibility index (Phi) is 3.23. The highest BCUT2D eigenvalue weighted by Crippen LogP contribution is 2.43. The second kappa shape index (κ2) is 5.19. The Morgan fingerprint density at radius 3 is 2.96 bits per heavy atom. The number of carbonyl (C=O) groups is 3. The minimum Gasteiger partial charge on any atom is -0.487 e. The van der Waals surface area contributed by atoms with Crippen LogP contribution >= 0.6 is 11.8 Å². The third-order valence-electron chi connectivity index (χ3n) is 4.29. The highest BCUT2D eigenvalue weighted by Gasteiger charge is 2.64. The molecular formula is C12H12N6O5S. The second-order valence-corrected chi connectivity index (χ2v) is 6.50. The lowest BCUT2D eigenvalue weighted by Crippen LogP contribution is -2.70. The summed E-state index contributed by atoms with van der Waals surface area (Å²) in [6, 6.07) is -1.06. The highest BCUT2D eigenvalue weighted by atomic mass is 32.2. The molecule has 0 saturated carbocycles. The Hall–Kier alpha value is -2.63. The number of aromatic nitrogens is 4. The summed E-state index contributed by atoms with van der Waals surface area (Å²) >= 11 is 1.20. The number of amides is 2. The average molecular weight is 352 g/mol. The lowest BCUT2D eigenvalue weighted by atomic mass is 9.91. The fraction of sp³-hybridized carbons (Fsp3) is 0.500. The summed E-state index contributed by atoms with van der Waals surface area (Å²) < 4.78 is 7.26. The van der Waals surface area contributed by atoms with E-state index in [4.69, 9.17) is 4.74 Å². The van der Waals surface area contributed by atoms with E-state index >= 15 is 0 Å². The maximum atomic E-state index is 12.3. The molecule has 0 spiro atoms. The number of carbonyl (C=O) groups excluding carboxylic acids is 2. The normalized spacial score (nSPS) is 27.7. The fourth-order valence-corrected chi connectivity index (χ4v) is 4.06. The van der Waals surface area contributed by atoms with Crippen LogP contribution in [-0.2, 0) is 26.2 Å². The number of ether oxygens (including phenoxy) is 1. The molecule has 4 heterocycles. The van der Waals surface area contributed by atoms with E-state index < -0.39 is 30.1 Å². The molecule has 4 rings (SSSR count). The zero-order valence-corrected chi connectivity index (χ0v) is 13.2. The number of rotatable bonds is 5. The van der Waals surface area contributed by atoms with Gasteiger partial charge in [-0.3, -0.25) is 14.5 Å². The van der Waals surface area contributed by atoms with Crippen LogP contribution in [0.3, 0.4) is 0 Å². The van der Waals surface area contributed by atoms with Crippen LogP contribution in [0.15, 0.2) is 16.6 Å². The maximum absolute atomic E-state index is 12.3. The monoisotopic (exact) mass is 352 g/mol. The van der Waals surface area contributed by atoms with Crippen molar-refractivity contribution in [3.63, 3.8) is 0 Å². The molecule has 24 heavy (non-hydrogen) atoms. The number of β-lactam (4-membered cyclic amide) rings is 1. The largest absolute Gasteiger partial charge is 0.487 e. The molecule has 1 aromatic heterocycles. The molecule has 2 saturated heterocycles. The third-order valence-corrected chi connectivity index (χ3v) is 5.30. The number of thioether (sulfide) groups is 1. The predicted octanol–water partition coefficient (Wildman–Crippen LogP) is -1.95. The number of aliphatic carboxylic acids is 1. The van der Waals surface area contributed by atoms with E-state index in [-0.39, 0.29) is 23.8 Å². The molecule has 3 aliphatic heterocycles. The first kappa shape index (κ1) is 14.9. The van der Waals surface area contributed by atoms with E-state index in [1.807, 2.05) is 0 Å². The molecule has 2 fully saturated rings. The number of tetrazole rings is 1. The summed E-state index contributed by atoms with van der Waals surface area (Å²) in [4.78, 5) is 37.6. The Morgan fingerprint density at radius 2 is 2.33 bits per heavy atom. The lowest BCUT2D eigenvalue weighted by molar-refractivity contribution is -0.162. The van der Waals surface area contributed by atoms with Gasteiger partial charge >= 0.3 is 5.97 Å².